The molecule has 1 aliphatic heterocycles. The Hall–Kier alpha value is -2.67. The van der Waals surface area contributed by atoms with Gasteiger partial charge in [0.2, 0.25) is 11.8 Å². The van der Waals surface area contributed by atoms with Crippen LogP contribution in [0.5, 0.6) is 0 Å². The molecular formula is C24H30N2O4S. The minimum absolute atomic E-state index is 0.0517. The molecule has 1 fully saturated rings. The second kappa shape index (κ2) is 11.1. The van der Waals surface area contributed by atoms with Crippen LogP contribution in [0.4, 0.5) is 0 Å². The Bertz CT molecular complexity index is 962. The first-order valence-electron chi connectivity index (χ1n) is 10.8. The third kappa shape index (κ3) is 6.92. The highest BCUT2D eigenvalue weighted by molar-refractivity contribution is 7.91. The van der Waals surface area contributed by atoms with E-state index in [1.165, 1.54) is 10.5 Å². The van der Waals surface area contributed by atoms with Crippen molar-refractivity contribution < 1.29 is 18.0 Å². The van der Waals surface area contributed by atoms with Gasteiger partial charge in [-0.3, -0.25) is 9.59 Å². The number of benzene rings is 2. The number of sulfone groups is 1. The fourth-order valence-electron chi connectivity index (χ4n) is 3.73. The van der Waals surface area contributed by atoms with E-state index in [4.69, 9.17) is 0 Å². The van der Waals surface area contributed by atoms with Crippen LogP contribution in [-0.2, 0) is 31.6 Å². The topological polar surface area (TPSA) is 83.6 Å². The third-order valence-electron chi connectivity index (χ3n) is 5.51. The Labute approximate surface area is 184 Å². The lowest BCUT2D eigenvalue weighted by Crippen LogP contribution is -2.59. The normalized spacial score (nSPS) is 16.1. The summed E-state index contributed by atoms with van der Waals surface area (Å²) in [5.74, 6) is -0.734. The van der Waals surface area contributed by atoms with Gasteiger partial charge in [0.1, 0.15) is 11.9 Å². The molecule has 2 amide bonds. The van der Waals surface area contributed by atoms with Crippen molar-refractivity contribution in [3.05, 3.63) is 71.8 Å². The standard InChI is InChI=1S/C24H30N2O4S/c27-22(25-16-10-2-1-5-11-20-12-6-3-7-13-20)18-26-23(28)17-24(26)31(29,30)19-21-14-8-4-9-15-21/h3-4,6-9,12-15,24H,1-2,5,10-11,16-19H2,(H,25,27). The van der Waals surface area contributed by atoms with Crippen LogP contribution in [0, 0.1) is 0 Å². The molecule has 0 aliphatic carbocycles. The van der Waals surface area contributed by atoms with E-state index in [1.807, 2.05) is 24.3 Å². The summed E-state index contributed by atoms with van der Waals surface area (Å²) in [6, 6.07) is 19.2. The number of amides is 2. The van der Waals surface area contributed by atoms with Crippen molar-refractivity contribution in [2.45, 2.75) is 49.7 Å². The van der Waals surface area contributed by atoms with Crippen LogP contribution in [-0.4, -0.2) is 43.6 Å². The van der Waals surface area contributed by atoms with E-state index in [0.717, 1.165) is 32.1 Å². The molecule has 0 spiro atoms. The fourth-order valence-corrected chi connectivity index (χ4v) is 5.56. The number of nitrogens with zero attached hydrogens (tertiary/aromatic N) is 1. The molecule has 0 saturated carbocycles. The second-order valence-corrected chi connectivity index (χ2v) is 10.1. The van der Waals surface area contributed by atoms with Crippen molar-refractivity contribution in [2.24, 2.45) is 0 Å². The molecule has 3 rings (SSSR count). The predicted molar refractivity (Wildman–Crippen MR) is 121 cm³/mol. The van der Waals surface area contributed by atoms with Crippen molar-refractivity contribution in [3.63, 3.8) is 0 Å². The van der Waals surface area contributed by atoms with Crippen molar-refractivity contribution in [2.75, 3.05) is 13.1 Å². The number of carbonyl (C=O) groups excluding carboxylic acids is 2. The van der Waals surface area contributed by atoms with Crippen LogP contribution >= 0.6 is 0 Å². The van der Waals surface area contributed by atoms with E-state index in [9.17, 15) is 18.0 Å². The molecule has 1 heterocycles. The van der Waals surface area contributed by atoms with Gasteiger partial charge in [0, 0.05) is 6.54 Å². The van der Waals surface area contributed by atoms with Crippen LogP contribution in [0.15, 0.2) is 60.7 Å². The number of nitrogens with one attached hydrogen (secondary N) is 1. The highest BCUT2D eigenvalue weighted by Crippen LogP contribution is 2.26. The molecule has 1 atom stereocenters. The molecule has 1 aliphatic rings. The molecule has 2 aromatic rings. The minimum atomic E-state index is -3.54. The number of β-lactam (4-membered cyclic amide) rings is 1. The first kappa shape index (κ1) is 23.0. The number of rotatable bonds is 12. The van der Waals surface area contributed by atoms with E-state index in [0.29, 0.717) is 12.1 Å². The Morgan fingerprint density at radius 2 is 1.52 bits per heavy atom. The average Bonchev–Trinajstić information content (AvgIpc) is 2.76. The van der Waals surface area contributed by atoms with Crippen molar-refractivity contribution in [3.8, 4) is 0 Å². The van der Waals surface area contributed by atoms with E-state index >= 15 is 0 Å². The monoisotopic (exact) mass is 442 g/mol. The molecule has 1 unspecified atom stereocenters. The first-order chi connectivity index (χ1) is 15.0. The Morgan fingerprint density at radius 3 is 2.16 bits per heavy atom. The quantitative estimate of drug-likeness (QED) is 0.404. The molecular weight excluding hydrogens is 412 g/mol. The lowest BCUT2D eigenvalue weighted by Gasteiger charge is -2.39. The summed E-state index contributed by atoms with van der Waals surface area (Å²) in [7, 11) is -3.54. The molecule has 0 radical (unpaired) electrons. The van der Waals surface area contributed by atoms with Gasteiger partial charge in [-0.1, -0.05) is 73.5 Å². The van der Waals surface area contributed by atoms with Gasteiger partial charge >= 0.3 is 0 Å². The Morgan fingerprint density at radius 1 is 0.903 bits per heavy atom. The van der Waals surface area contributed by atoms with Crippen LogP contribution in [0.3, 0.4) is 0 Å². The van der Waals surface area contributed by atoms with E-state index in [1.54, 1.807) is 24.3 Å². The molecule has 1 saturated heterocycles. The molecule has 6 nitrogen and oxygen atoms in total. The fraction of sp³-hybridized carbons (Fsp3) is 0.417. The summed E-state index contributed by atoms with van der Waals surface area (Å²) in [5.41, 5.74) is 2.02. The molecule has 2 aromatic carbocycles. The van der Waals surface area contributed by atoms with E-state index < -0.39 is 15.2 Å². The molecule has 0 aromatic heterocycles. The number of hydrogen-bond acceptors (Lipinski definition) is 4. The van der Waals surface area contributed by atoms with Gasteiger partial charge in [-0.25, -0.2) is 8.42 Å². The van der Waals surface area contributed by atoms with Gasteiger partial charge in [-0.05, 0) is 30.4 Å². The molecule has 31 heavy (non-hydrogen) atoms. The first-order valence-corrected chi connectivity index (χ1v) is 12.5. The molecule has 7 heteroatoms. The number of hydrogen-bond donors (Lipinski definition) is 1. The van der Waals surface area contributed by atoms with Gasteiger partial charge < -0.3 is 10.2 Å². The third-order valence-corrected chi connectivity index (χ3v) is 7.50. The summed E-state index contributed by atoms with van der Waals surface area (Å²) in [6.07, 6.45) is 5.09. The highest BCUT2D eigenvalue weighted by Gasteiger charge is 2.45. The Balaban J connectivity index is 1.34. The summed E-state index contributed by atoms with van der Waals surface area (Å²) < 4.78 is 25.3. The lowest BCUT2D eigenvalue weighted by molar-refractivity contribution is -0.145. The maximum Gasteiger partial charge on any atom is 0.239 e. The number of aryl methyl sites for hydroxylation is 1. The van der Waals surface area contributed by atoms with Gasteiger partial charge in [-0.2, -0.15) is 0 Å². The van der Waals surface area contributed by atoms with Gasteiger partial charge in [-0.15, -0.1) is 0 Å². The SMILES string of the molecule is O=C(CN1C(=O)CC1S(=O)(=O)Cc1ccccc1)NCCCCCCc1ccccc1. The average molecular weight is 443 g/mol. The smallest absolute Gasteiger partial charge is 0.239 e. The summed E-state index contributed by atoms with van der Waals surface area (Å²) in [4.78, 5) is 25.3. The van der Waals surface area contributed by atoms with Gasteiger partial charge in [0.25, 0.3) is 0 Å². The van der Waals surface area contributed by atoms with Crippen molar-refractivity contribution in [1.29, 1.82) is 0 Å². The van der Waals surface area contributed by atoms with E-state index in [-0.39, 0.29) is 30.5 Å². The largest absolute Gasteiger partial charge is 0.355 e. The van der Waals surface area contributed by atoms with Crippen LogP contribution in [0.25, 0.3) is 0 Å². The second-order valence-electron chi connectivity index (χ2n) is 7.97. The summed E-state index contributed by atoms with van der Waals surface area (Å²) in [6.45, 7) is 0.332. The predicted octanol–water partition coefficient (Wildman–Crippen LogP) is 3.08. The number of unbranched alkanes of at least 4 members (excludes halogenated alkanes) is 3. The maximum absolute atomic E-state index is 12.7. The minimum Gasteiger partial charge on any atom is -0.355 e. The highest BCUT2D eigenvalue weighted by atomic mass is 32.2. The maximum atomic E-state index is 12.7. The zero-order valence-electron chi connectivity index (χ0n) is 17.7. The molecule has 166 valence electrons. The zero-order chi connectivity index (χ0) is 22.1. The van der Waals surface area contributed by atoms with Gasteiger partial charge in [0.15, 0.2) is 9.84 Å². The van der Waals surface area contributed by atoms with Crippen LogP contribution in [0.1, 0.15) is 43.2 Å². The Kier molecular flexibility index (Phi) is 8.23. The zero-order valence-corrected chi connectivity index (χ0v) is 18.5. The number of likely N-dealkylation sites (tertiary alicyclic amines) is 1. The number of carbonyl (C=O) groups is 2. The lowest BCUT2D eigenvalue weighted by atomic mass is 10.1. The van der Waals surface area contributed by atoms with Crippen LogP contribution in [0.2, 0.25) is 0 Å². The summed E-state index contributed by atoms with van der Waals surface area (Å²) in [5, 5.41) is 1.89. The van der Waals surface area contributed by atoms with Gasteiger partial charge in [0.05, 0.1) is 12.2 Å². The van der Waals surface area contributed by atoms with Crippen molar-refractivity contribution in [1.82, 2.24) is 10.2 Å². The summed E-state index contributed by atoms with van der Waals surface area (Å²) >= 11 is 0. The van der Waals surface area contributed by atoms with E-state index in [2.05, 4.69) is 17.4 Å². The molecule has 1 N–H and O–H groups in total. The van der Waals surface area contributed by atoms with Crippen LogP contribution < -0.4 is 5.32 Å². The van der Waals surface area contributed by atoms with Crippen molar-refractivity contribution >= 4 is 21.7 Å². The molecule has 0 bridgehead atoms.